The number of thiazole rings is 1. The Hall–Kier alpha value is -3.52. The summed E-state index contributed by atoms with van der Waals surface area (Å²) in [5.41, 5.74) is 0.593. The molecule has 182 valence electrons. The minimum atomic E-state index is -4.13. The van der Waals surface area contributed by atoms with E-state index in [1.807, 2.05) is 6.92 Å². The number of nitrogens with one attached hydrogen (secondary N) is 1. The number of sulfone groups is 1. The number of aromatic nitrogens is 2. The van der Waals surface area contributed by atoms with Crippen LogP contribution in [0, 0.1) is 6.92 Å². The number of fused-ring (bicyclic) bond motifs is 1. The molecule has 0 atom stereocenters. The third-order valence-electron chi connectivity index (χ3n) is 4.29. The number of hydrogen-bond acceptors (Lipinski definition) is 10. The number of benzene rings is 1. The number of esters is 1. The summed E-state index contributed by atoms with van der Waals surface area (Å²) in [6, 6.07) is 6.56. The molecule has 12 nitrogen and oxygen atoms in total. The van der Waals surface area contributed by atoms with Crippen molar-refractivity contribution in [2.45, 2.75) is 20.4 Å². The summed E-state index contributed by atoms with van der Waals surface area (Å²) in [5, 5.41) is 5.83. The van der Waals surface area contributed by atoms with Crippen LogP contribution in [0.4, 0.5) is 5.82 Å². The second-order valence-corrected chi connectivity index (χ2v) is 10.1. The highest BCUT2D eigenvalue weighted by molar-refractivity contribution is 7.92. The van der Waals surface area contributed by atoms with Crippen LogP contribution in [-0.4, -0.2) is 61.1 Å². The molecule has 0 unspecified atom stereocenters. The van der Waals surface area contributed by atoms with Crippen LogP contribution in [0.25, 0.3) is 10.2 Å². The maximum Gasteiger partial charge on any atom is 0.325 e. The smallest absolute Gasteiger partial charge is 0.325 e. The van der Waals surface area contributed by atoms with Crippen molar-refractivity contribution in [3.8, 4) is 5.75 Å². The van der Waals surface area contributed by atoms with Crippen molar-refractivity contribution in [2.24, 2.45) is 4.99 Å². The van der Waals surface area contributed by atoms with Gasteiger partial charge >= 0.3 is 5.97 Å². The van der Waals surface area contributed by atoms with Gasteiger partial charge < -0.3 is 23.9 Å². The Kier molecular flexibility index (Phi) is 7.83. The minimum Gasteiger partial charge on any atom is -0.494 e. The molecular formula is C20H22N4O8S2. The first-order chi connectivity index (χ1) is 16.1. The maximum atomic E-state index is 12.5. The number of aryl methyl sites for hydroxylation is 1. The number of hydrogen-bond donors (Lipinski definition) is 1. The molecule has 0 saturated carbocycles. The lowest BCUT2D eigenvalue weighted by Gasteiger charge is -2.05. The van der Waals surface area contributed by atoms with Crippen molar-refractivity contribution in [3.05, 3.63) is 34.8 Å². The molecule has 0 aliphatic heterocycles. The monoisotopic (exact) mass is 510 g/mol. The SMILES string of the molecule is CCOc1ccc2c(c1)sc(=NC(=O)CS(=O)(=O)CC(=O)Nc1cc(C)on1)n2CC(=O)OC. The predicted molar refractivity (Wildman–Crippen MR) is 122 cm³/mol. The van der Waals surface area contributed by atoms with Gasteiger partial charge in [0.25, 0.3) is 5.91 Å². The van der Waals surface area contributed by atoms with Crippen LogP contribution in [0.5, 0.6) is 5.75 Å². The third kappa shape index (κ3) is 6.51. The topological polar surface area (TPSA) is 159 Å². The van der Waals surface area contributed by atoms with Gasteiger partial charge in [-0.05, 0) is 32.0 Å². The van der Waals surface area contributed by atoms with Gasteiger partial charge in [-0.3, -0.25) is 14.4 Å². The Morgan fingerprint density at radius 1 is 1.24 bits per heavy atom. The zero-order valence-electron chi connectivity index (χ0n) is 18.6. The molecule has 14 heteroatoms. The summed E-state index contributed by atoms with van der Waals surface area (Å²) in [6.07, 6.45) is 0. The summed E-state index contributed by atoms with van der Waals surface area (Å²) >= 11 is 1.08. The molecule has 3 aromatic rings. The molecule has 0 bridgehead atoms. The number of ether oxygens (including phenoxy) is 2. The molecule has 0 aliphatic rings. The second-order valence-electron chi connectivity index (χ2n) is 7.02. The molecule has 1 aromatic carbocycles. The largest absolute Gasteiger partial charge is 0.494 e. The Morgan fingerprint density at radius 2 is 2.00 bits per heavy atom. The molecule has 0 saturated heterocycles. The summed E-state index contributed by atoms with van der Waals surface area (Å²) in [5.74, 6) is -3.27. The molecule has 0 fully saturated rings. The maximum absolute atomic E-state index is 12.5. The summed E-state index contributed by atoms with van der Waals surface area (Å²) in [7, 11) is -2.90. The van der Waals surface area contributed by atoms with Crippen molar-refractivity contribution in [2.75, 3.05) is 30.5 Å². The number of nitrogens with zero attached hydrogens (tertiary/aromatic N) is 3. The number of rotatable bonds is 9. The first kappa shape index (κ1) is 25.1. The van der Waals surface area contributed by atoms with Gasteiger partial charge in [0, 0.05) is 6.07 Å². The predicted octanol–water partition coefficient (Wildman–Crippen LogP) is 1.05. The fourth-order valence-corrected chi connectivity index (χ4v) is 5.01. The quantitative estimate of drug-likeness (QED) is 0.415. The van der Waals surface area contributed by atoms with E-state index in [9.17, 15) is 22.8 Å². The molecule has 0 aliphatic carbocycles. The molecule has 2 heterocycles. The van der Waals surface area contributed by atoms with Crippen molar-refractivity contribution < 1.29 is 36.8 Å². The van der Waals surface area contributed by atoms with E-state index in [4.69, 9.17) is 14.0 Å². The normalized spacial score (nSPS) is 12.0. The second kappa shape index (κ2) is 10.6. The van der Waals surface area contributed by atoms with Gasteiger partial charge in [-0.1, -0.05) is 16.5 Å². The van der Waals surface area contributed by atoms with Crippen molar-refractivity contribution >= 4 is 55.0 Å². The van der Waals surface area contributed by atoms with Crippen molar-refractivity contribution in [1.82, 2.24) is 9.72 Å². The van der Waals surface area contributed by atoms with Crippen molar-refractivity contribution in [1.29, 1.82) is 0 Å². The van der Waals surface area contributed by atoms with E-state index in [0.717, 1.165) is 11.3 Å². The van der Waals surface area contributed by atoms with E-state index in [1.165, 1.54) is 17.7 Å². The Labute approximate surface area is 198 Å². The minimum absolute atomic E-state index is 0.0641. The number of amides is 2. The van der Waals surface area contributed by atoms with Gasteiger partial charge in [-0.25, -0.2) is 8.42 Å². The number of anilines is 1. The Balaban J connectivity index is 1.83. The molecule has 2 aromatic heterocycles. The summed E-state index contributed by atoms with van der Waals surface area (Å²) < 4.78 is 41.8. The first-order valence-electron chi connectivity index (χ1n) is 9.94. The molecule has 34 heavy (non-hydrogen) atoms. The molecule has 1 N–H and O–H groups in total. The zero-order valence-corrected chi connectivity index (χ0v) is 20.2. The molecule has 3 rings (SSSR count). The van der Waals surface area contributed by atoms with Gasteiger partial charge in [0.2, 0.25) is 5.91 Å². The molecule has 2 amide bonds. The highest BCUT2D eigenvalue weighted by Crippen LogP contribution is 2.23. The Morgan fingerprint density at radius 3 is 2.65 bits per heavy atom. The molecule has 0 radical (unpaired) electrons. The van der Waals surface area contributed by atoms with E-state index in [-0.39, 0.29) is 17.2 Å². The first-order valence-corrected chi connectivity index (χ1v) is 12.6. The van der Waals surface area contributed by atoms with Crippen LogP contribution in [-0.2, 0) is 35.5 Å². The standard InChI is InChI=1S/C20H22N4O8S2/c1-4-31-13-5-6-14-15(8-13)33-20(24(14)9-19(27)30-3)22-18(26)11-34(28,29)10-17(25)21-16-7-12(2)32-23-16/h5-8H,4,9-11H2,1-3H3,(H,21,23,25). The van der Waals surface area contributed by atoms with Crippen LogP contribution in [0.2, 0.25) is 0 Å². The number of methoxy groups -OCH3 is 1. The highest BCUT2D eigenvalue weighted by Gasteiger charge is 2.22. The van der Waals surface area contributed by atoms with Crippen LogP contribution >= 0.6 is 11.3 Å². The Bertz CT molecular complexity index is 1400. The van der Waals surface area contributed by atoms with Gasteiger partial charge in [0.15, 0.2) is 20.5 Å². The lowest BCUT2D eigenvalue weighted by Crippen LogP contribution is -2.28. The average Bonchev–Trinajstić information content (AvgIpc) is 3.29. The van der Waals surface area contributed by atoms with E-state index in [1.54, 1.807) is 25.1 Å². The third-order valence-corrected chi connectivity index (χ3v) is 6.72. The van der Waals surface area contributed by atoms with Crippen LogP contribution in [0.1, 0.15) is 12.7 Å². The lowest BCUT2D eigenvalue weighted by atomic mass is 10.3. The van der Waals surface area contributed by atoms with E-state index < -0.39 is 39.1 Å². The van der Waals surface area contributed by atoms with Gasteiger partial charge in [-0.2, -0.15) is 4.99 Å². The average molecular weight is 511 g/mol. The van der Waals surface area contributed by atoms with E-state index in [0.29, 0.717) is 28.3 Å². The van der Waals surface area contributed by atoms with Crippen molar-refractivity contribution in [3.63, 3.8) is 0 Å². The molecule has 0 spiro atoms. The van der Waals surface area contributed by atoms with Gasteiger partial charge in [0.1, 0.15) is 29.6 Å². The number of carbonyl (C=O) groups excluding carboxylic acids is 3. The fourth-order valence-electron chi connectivity index (χ4n) is 2.92. The van der Waals surface area contributed by atoms with Gasteiger partial charge in [-0.15, -0.1) is 0 Å². The summed E-state index contributed by atoms with van der Waals surface area (Å²) in [6.45, 7) is 3.67. The lowest BCUT2D eigenvalue weighted by molar-refractivity contribution is -0.141. The van der Waals surface area contributed by atoms with E-state index in [2.05, 4.69) is 15.5 Å². The zero-order chi connectivity index (χ0) is 24.9. The highest BCUT2D eigenvalue weighted by atomic mass is 32.2. The fraction of sp³-hybridized carbons (Fsp3) is 0.350. The molecular weight excluding hydrogens is 488 g/mol. The van der Waals surface area contributed by atoms with Crippen LogP contribution in [0.15, 0.2) is 33.8 Å². The summed E-state index contributed by atoms with van der Waals surface area (Å²) in [4.78, 5) is 40.4. The number of carbonyl (C=O) groups is 3. The van der Waals surface area contributed by atoms with Gasteiger partial charge in [0.05, 0.1) is 23.9 Å². The van der Waals surface area contributed by atoms with E-state index >= 15 is 0 Å². The van der Waals surface area contributed by atoms with Crippen LogP contribution < -0.4 is 14.9 Å². The van der Waals surface area contributed by atoms with Crippen LogP contribution in [0.3, 0.4) is 0 Å².